The van der Waals surface area contributed by atoms with E-state index >= 15 is 0 Å². The molecule has 0 unspecified atom stereocenters. The summed E-state index contributed by atoms with van der Waals surface area (Å²) in [5.74, 6) is 0.293. The molecule has 0 spiro atoms. The molecule has 0 bridgehead atoms. The van der Waals surface area contributed by atoms with E-state index in [9.17, 15) is 9.59 Å². The van der Waals surface area contributed by atoms with Crippen molar-refractivity contribution in [3.63, 3.8) is 0 Å². The second-order valence-corrected chi connectivity index (χ2v) is 6.67. The van der Waals surface area contributed by atoms with Crippen LogP contribution in [0, 0.1) is 13.8 Å². The van der Waals surface area contributed by atoms with E-state index in [1.165, 1.54) is 6.07 Å². The molecule has 27 heavy (non-hydrogen) atoms. The standard InChI is InChI=1S/C21H19ClO5/c1-13-4-3-5-16(8-13)25-7-6-20(23)26-12-15-10-21(24)27-19-9-14(2)18(22)11-17(15)19/h3-5,8-11H,6-7,12H2,1-2H3. The maximum atomic E-state index is 12.0. The number of carbonyl (C=O) groups is 1. The summed E-state index contributed by atoms with van der Waals surface area (Å²) in [4.78, 5) is 23.7. The highest BCUT2D eigenvalue weighted by Gasteiger charge is 2.11. The molecule has 2 aromatic carbocycles. The van der Waals surface area contributed by atoms with Crippen molar-refractivity contribution in [3.8, 4) is 5.75 Å². The molecular formula is C21H19ClO5. The molecule has 0 radical (unpaired) electrons. The quantitative estimate of drug-likeness (QED) is 0.458. The summed E-state index contributed by atoms with van der Waals surface area (Å²) in [5, 5.41) is 1.20. The van der Waals surface area contributed by atoms with E-state index in [-0.39, 0.29) is 19.6 Å². The van der Waals surface area contributed by atoms with E-state index < -0.39 is 11.6 Å². The first-order valence-electron chi connectivity index (χ1n) is 8.50. The summed E-state index contributed by atoms with van der Waals surface area (Å²) in [6.45, 7) is 3.97. The van der Waals surface area contributed by atoms with E-state index in [0.717, 1.165) is 11.1 Å². The van der Waals surface area contributed by atoms with Gasteiger partial charge < -0.3 is 13.9 Å². The number of esters is 1. The molecule has 6 heteroatoms. The SMILES string of the molecule is Cc1cccc(OCCC(=O)OCc2cc(=O)oc3cc(C)c(Cl)cc23)c1. The molecule has 0 saturated heterocycles. The van der Waals surface area contributed by atoms with Gasteiger partial charge in [-0.05, 0) is 49.2 Å². The number of hydrogen-bond donors (Lipinski definition) is 0. The molecular weight excluding hydrogens is 368 g/mol. The fourth-order valence-electron chi connectivity index (χ4n) is 2.66. The first-order valence-corrected chi connectivity index (χ1v) is 8.88. The first kappa shape index (κ1) is 19.0. The Balaban J connectivity index is 1.61. The zero-order valence-electron chi connectivity index (χ0n) is 15.1. The Morgan fingerprint density at radius 1 is 1.15 bits per heavy atom. The Kier molecular flexibility index (Phi) is 5.81. The molecule has 0 fully saturated rings. The summed E-state index contributed by atoms with van der Waals surface area (Å²) >= 11 is 6.16. The summed E-state index contributed by atoms with van der Waals surface area (Å²) in [6, 6.07) is 12.3. The monoisotopic (exact) mass is 386 g/mol. The Bertz CT molecular complexity index is 1040. The Hall–Kier alpha value is -2.79. The summed E-state index contributed by atoms with van der Waals surface area (Å²) < 4.78 is 16.0. The number of rotatable bonds is 6. The van der Waals surface area contributed by atoms with Gasteiger partial charge >= 0.3 is 11.6 Å². The summed E-state index contributed by atoms with van der Waals surface area (Å²) in [7, 11) is 0. The van der Waals surface area contributed by atoms with Gasteiger partial charge in [0.05, 0.1) is 13.0 Å². The molecule has 0 amide bonds. The number of ether oxygens (including phenoxy) is 2. The Morgan fingerprint density at radius 2 is 1.96 bits per heavy atom. The van der Waals surface area contributed by atoms with Crippen LogP contribution in [-0.2, 0) is 16.1 Å². The molecule has 0 atom stereocenters. The van der Waals surface area contributed by atoms with Crippen LogP contribution in [0.5, 0.6) is 5.75 Å². The maximum Gasteiger partial charge on any atom is 0.336 e. The minimum Gasteiger partial charge on any atom is -0.493 e. The van der Waals surface area contributed by atoms with Crippen LogP contribution in [0.25, 0.3) is 11.0 Å². The molecule has 1 heterocycles. The number of carbonyl (C=O) groups excluding carboxylic acids is 1. The molecule has 1 aromatic heterocycles. The maximum absolute atomic E-state index is 12.0. The number of benzene rings is 2. The molecule has 5 nitrogen and oxygen atoms in total. The van der Waals surface area contributed by atoms with Crippen molar-refractivity contribution in [2.24, 2.45) is 0 Å². The lowest BCUT2D eigenvalue weighted by atomic mass is 10.1. The fraction of sp³-hybridized carbons (Fsp3) is 0.238. The highest BCUT2D eigenvalue weighted by Crippen LogP contribution is 2.25. The third kappa shape index (κ3) is 4.89. The van der Waals surface area contributed by atoms with Gasteiger partial charge in [-0.3, -0.25) is 4.79 Å². The Labute approximate surface area is 161 Å². The van der Waals surface area contributed by atoms with Gasteiger partial charge in [-0.1, -0.05) is 23.7 Å². The predicted octanol–water partition coefficient (Wildman–Crippen LogP) is 4.58. The smallest absolute Gasteiger partial charge is 0.336 e. The highest BCUT2D eigenvalue weighted by molar-refractivity contribution is 6.32. The van der Waals surface area contributed by atoms with Gasteiger partial charge in [0.25, 0.3) is 0 Å². The largest absolute Gasteiger partial charge is 0.493 e. The lowest BCUT2D eigenvalue weighted by molar-refractivity contribution is -0.145. The molecule has 0 aliphatic heterocycles. The van der Waals surface area contributed by atoms with Crippen molar-refractivity contribution >= 4 is 28.5 Å². The number of hydrogen-bond acceptors (Lipinski definition) is 5. The van der Waals surface area contributed by atoms with Gasteiger partial charge in [0, 0.05) is 22.0 Å². The Morgan fingerprint density at radius 3 is 2.74 bits per heavy atom. The molecule has 3 rings (SSSR count). The van der Waals surface area contributed by atoms with Crippen LogP contribution in [0.15, 0.2) is 51.7 Å². The topological polar surface area (TPSA) is 65.7 Å². The predicted molar refractivity (Wildman–Crippen MR) is 103 cm³/mol. The highest BCUT2D eigenvalue weighted by atomic mass is 35.5. The van der Waals surface area contributed by atoms with Gasteiger partial charge in [0.15, 0.2) is 0 Å². The summed E-state index contributed by atoms with van der Waals surface area (Å²) in [6.07, 6.45) is 0.104. The van der Waals surface area contributed by atoms with Crippen LogP contribution >= 0.6 is 11.6 Å². The van der Waals surface area contributed by atoms with Crippen molar-refractivity contribution in [3.05, 3.63) is 74.6 Å². The average Bonchev–Trinajstić information content (AvgIpc) is 2.61. The van der Waals surface area contributed by atoms with E-state index in [1.54, 1.807) is 12.1 Å². The van der Waals surface area contributed by atoms with Gasteiger partial charge in [-0.2, -0.15) is 0 Å². The van der Waals surface area contributed by atoms with Gasteiger partial charge in [-0.15, -0.1) is 0 Å². The minimum atomic E-state index is -0.502. The van der Waals surface area contributed by atoms with Crippen molar-refractivity contribution in [2.45, 2.75) is 26.9 Å². The average molecular weight is 387 g/mol. The molecule has 3 aromatic rings. The number of halogens is 1. The fourth-order valence-corrected chi connectivity index (χ4v) is 2.82. The zero-order valence-corrected chi connectivity index (χ0v) is 15.8. The van der Waals surface area contributed by atoms with E-state index in [4.69, 9.17) is 25.5 Å². The number of fused-ring (bicyclic) bond motifs is 1. The minimum absolute atomic E-state index is 0.0369. The molecule has 0 aliphatic rings. The molecule has 0 N–H and O–H groups in total. The third-order valence-electron chi connectivity index (χ3n) is 4.06. The normalized spacial score (nSPS) is 10.8. The van der Waals surface area contributed by atoms with Crippen molar-refractivity contribution in [1.29, 1.82) is 0 Å². The van der Waals surface area contributed by atoms with Crippen molar-refractivity contribution in [1.82, 2.24) is 0 Å². The van der Waals surface area contributed by atoms with Crippen LogP contribution in [0.3, 0.4) is 0 Å². The van der Waals surface area contributed by atoms with Crippen LogP contribution in [0.1, 0.15) is 23.1 Å². The van der Waals surface area contributed by atoms with E-state index in [0.29, 0.717) is 27.3 Å². The number of aryl methyl sites for hydroxylation is 2. The van der Waals surface area contributed by atoms with Gasteiger partial charge in [-0.25, -0.2) is 4.79 Å². The van der Waals surface area contributed by atoms with Crippen LogP contribution in [-0.4, -0.2) is 12.6 Å². The molecule has 0 aliphatic carbocycles. The van der Waals surface area contributed by atoms with Crippen molar-refractivity contribution in [2.75, 3.05) is 6.61 Å². The molecule has 140 valence electrons. The van der Waals surface area contributed by atoms with Crippen molar-refractivity contribution < 1.29 is 18.7 Å². The second kappa shape index (κ2) is 8.27. The second-order valence-electron chi connectivity index (χ2n) is 6.26. The van der Waals surface area contributed by atoms with Crippen LogP contribution in [0.2, 0.25) is 5.02 Å². The van der Waals surface area contributed by atoms with Crippen LogP contribution < -0.4 is 10.4 Å². The van der Waals surface area contributed by atoms with Gasteiger partial charge in [0.1, 0.15) is 17.9 Å². The summed E-state index contributed by atoms with van der Waals surface area (Å²) in [5.41, 5.74) is 2.35. The van der Waals surface area contributed by atoms with E-state index in [2.05, 4.69) is 0 Å². The lowest BCUT2D eigenvalue weighted by Gasteiger charge is -2.09. The van der Waals surface area contributed by atoms with Crippen LogP contribution in [0.4, 0.5) is 0 Å². The lowest BCUT2D eigenvalue weighted by Crippen LogP contribution is -2.11. The third-order valence-corrected chi connectivity index (χ3v) is 4.47. The van der Waals surface area contributed by atoms with E-state index in [1.807, 2.05) is 38.1 Å². The van der Waals surface area contributed by atoms with Gasteiger partial charge in [0.2, 0.25) is 0 Å². The molecule has 0 saturated carbocycles. The zero-order chi connectivity index (χ0) is 19.4. The first-order chi connectivity index (χ1) is 12.9.